The Bertz CT molecular complexity index is 1070. The number of fused-ring (bicyclic) bond motifs is 2. The van der Waals surface area contributed by atoms with E-state index in [1.807, 2.05) is 30.3 Å². The van der Waals surface area contributed by atoms with Crippen LogP contribution in [0, 0.1) is 0 Å². The molecule has 3 aromatic rings. The Morgan fingerprint density at radius 1 is 1.16 bits per heavy atom. The fourth-order valence-corrected chi connectivity index (χ4v) is 4.50. The number of pyridine rings is 2. The van der Waals surface area contributed by atoms with E-state index in [9.17, 15) is 15.0 Å². The van der Waals surface area contributed by atoms with Gasteiger partial charge in [0.15, 0.2) is 0 Å². The van der Waals surface area contributed by atoms with E-state index in [-0.39, 0.29) is 12.3 Å². The number of hydrogen-bond acceptors (Lipinski definition) is 5. The van der Waals surface area contributed by atoms with Crippen LogP contribution in [0.25, 0.3) is 10.9 Å². The molecular weight excluding hydrogens is 402 g/mol. The summed E-state index contributed by atoms with van der Waals surface area (Å²) >= 11 is 0. The molecule has 0 radical (unpaired) electrons. The molecule has 2 atom stereocenters. The number of carboxylic acids is 1. The molecule has 1 aliphatic rings. The molecule has 4 rings (SSSR count). The van der Waals surface area contributed by atoms with Crippen molar-refractivity contribution in [3.8, 4) is 0 Å². The van der Waals surface area contributed by atoms with Crippen molar-refractivity contribution in [2.75, 3.05) is 11.9 Å². The first kappa shape index (κ1) is 22.2. The average molecular weight is 434 g/mol. The van der Waals surface area contributed by atoms with Crippen LogP contribution in [0.5, 0.6) is 0 Å². The number of nitrogens with one attached hydrogen (secondary N) is 1. The molecule has 0 aliphatic carbocycles. The van der Waals surface area contributed by atoms with Crippen molar-refractivity contribution < 1.29 is 15.0 Å². The van der Waals surface area contributed by atoms with Crippen molar-refractivity contribution in [2.45, 2.75) is 63.4 Å². The van der Waals surface area contributed by atoms with E-state index in [1.54, 1.807) is 6.20 Å². The summed E-state index contributed by atoms with van der Waals surface area (Å²) in [5, 5.41) is 24.4. The zero-order valence-corrected chi connectivity index (χ0v) is 18.3. The first-order valence-corrected chi connectivity index (χ1v) is 11.6. The van der Waals surface area contributed by atoms with E-state index in [4.69, 9.17) is 4.98 Å². The van der Waals surface area contributed by atoms with E-state index >= 15 is 0 Å². The molecule has 6 heteroatoms. The van der Waals surface area contributed by atoms with Crippen LogP contribution in [0.15, 0.2) is 48.7 Å². The van der Waals surface area contributed by atoms with Gasteiger partial charge >= 0.3 is 5.97 Å². The highest BCUT2D eigenvalue weighted by Crippen LogP contribution is 2.28. The van der Waals surface area contributed by atoms with Crippen LogP contribution >= 0.6 is 0 Å². The van der Waals surface area contributed by atoms with Crippen molar-refractivity contribution in [2.24, 2.45) is 0 Å². The van der Waals surface area contributed by atoms with Gasteiger partial charge in [-0.1, -0.05) is 30.7 Å². The standard InChI is InChI=1S/C26H31N3O3/c30-23(9-3-2-8-22-12-11-18-7-5-13-27-26(18)29-22)15-20(16-25(31)32)21-14-19-6-1-4-10-24(19)28-17-21/h1,4,6,10-12,14,17,20,23,30H,2-3,5,7-9,13,15-16H2,(H,27,29)(H,31,32). The number of aliphatic hydroxyl groups excluding tert-OH is 1. The first-order chi connectivity index (χ1) is 15.6. The minimum atomic E-state index is -0.859. The fourth-order valence-electron chi connectivity index (χ4n) is 4.50. The van der Waals surface area contributed by atoms with Crippen LogP contribution in [0.4, 0.5) is 5.82 Å². The Hall–Kier alpha value is -2.99. The normalized spacial score (nSPS) is 15.0. The number of carboxylic acid groups (broad SMARTS) is 1. The van der Waals surface area contributed by atoms with Crippen molar-refractivity contribution in [3.05, 3.63) is 65.5 Å². The van der Waals surface area contributed by atoms with Crippen LogP contribution in [-0.2, 0) is 17.6 Å². The second kappa shape index (κ2) is 10.6. The van der Waals surface area contributed by atoms with Gasteiger partial charge in [0, 0.05) is 23.8 Å². The lowest BCUT2D eigenvalue weighted by Gasteiger charge is -2.20. The van der Waals surface area contributed by atoms with Gasteiger partial charge in [-0.05, 0) is 73.8 Å². The summed E-state index contributed by atoms with van der Waals surface area (Å²) < 4.78 is 0. The summed E-state index contributed by atoms with van der Waals surface area (Å²) in [4.78, 5) is 20.6. The predicted octanol–water partition coefficient (Wildman–Crippen LogP) is 4.71. The molecule has 1 aromatic carbocycles. The average Bonchev–Trinajstić information content (AvgIpc) is 2.80. The Kier molecular flexibility index (Phi) is 7.32. The summed E-state index contributed by atoms with van der Waals surface area (Å²) in [6.45, 7) is 0.986. The summed E-state index contributed by atoms with van der Waals surface area (Å²) in [6.07, 6.45) is 7.23. The Morgan fingerprint density at radius 3 is 2.91 bits per heavy atom. The molecule has 3 heterocycles. The highest BCUT2D eigenvalue weighted by atomic mass is 16.4. The molecule has 2 unspecified atom stereocenters. The Labute approximate surface area is 188 Å². The molecule has 1 aliphatic heterocycles. The Balaban J connectivity index is 1.30. The number of unbranched alkanes of at least 4 members (excludes halogenated alkanes) is 1. The van der Waals surface area contributed by atoms with Gasteiger partial charge in [-0.2, -0.15) is 0 Å². The zero-order valence-electron chi connectivity index (χ0n) is 18.3. The lowest BCUT2D eigenvalue weighted by molar-refractivity contribution is -0.137. The number of aliphatic hydroxyl groups is 1. The number of benzene rings is 1. The molecule has 6 nitrogen and oxygen atoms in total. The van der Waals surface area contributed by atoms with Gasteiger partial charge in [-0.15, -0.1) is 0 Å². The molecule has 168 valence electrons. The number of rotatable bonds is 10. The maximum absolute atomic E-state index is 11.4. The molecule has 32 heavy (non-hydrogen) atoms. The van der Waals surface area contributed by atoms with Crippen molar-refractivity contribution in [3.63, 3.8) is 0 Å². The lowest BCUT2D eigenvalue weighted by Crippen LogP contribution is -2.16. The second-order valence-corrected chi connectivity index (χ2v) is 8.73. The van der Waals surface area contributed by atoms with Gasteiger partial charge < -0.3 is 15.5 Å². The number of aryl methyl sites for hydroxylation is 2. The molecule has 2 aromatic heterocycles. The number of aromatic nitrogens is 2. The van der Waals surface area contributed by atoms with Crippen LogP contribution in [0.1, 0.15) is 61.3 Å². The van der Waals surface area contributed by atoms with Crippen molar-refractivity contribution in [1.29, 1.82) is 0 Å². The minimum Gasteiger partial charge on any atom is -0.481 e. The van der Waals surface area contributed by atoms with Crippen LogP contribution < -0.4 is 5.32 Å². The van der Waals surface area contributed by atoms with Gasteiger partial charge in [0.05, 0.1) is 18.0 Å². The van der Waals surface area contributed by atoms with Crippen LogP contribution in [-0.4, -0.2) is 38.8 Å². The number of nitrogens with zero attached hydrogens (tertiary/aromatic N) is 2. The Morgan fingerprint density at radius 2 is 2.03 bits per heavy atom. The molecule has 0 saturated heterocycles. The van der Waals surface area contributed by atoms with Gasteiger partial charge in [0.25, 0.3) is 0 Å². The number of aliphatic carboxylic acids is 1. The summed E-state index contributed by atoms with van der Waals surface area (Å²) in [5.74, 6) is -0.0928. The SMILES string of the molecule is O=C(O)CC(CC(O)CCCCc1ccc2c(n1)NCCC2)c1cnc2ccccc2c1. The van der Waals surface area contributed by atoms with E-state index < -0.39 is 12.1 Å². The van der Waals surface area contributed by atoms with Gasteiger partial charge in [0.1, 0.15) is 5.82 Å². The number of hydrogen-bond donors (Lipinski definition) is 3. The number of carbonyl (C=O) groups is 1. The molecular formula is C26H31N3O3. The molecule has 3 N–H and O–H groups in total. The van der Waals surface area contributed by atoms with Crippen molar-refractivity contribution in [1.82, 2.24) is 9.97 Å². The van der Waals surface area contributed by atoms with Gasteiger partial charge in [-0.3, -0.25) is 9.78 Å². The topological polar surface area (TPSA) is 95.3 Å². The maximum Gasteiger partial charge on any atom is 0.303 e. The van der Waals surface area contributed by atoms with Gasteiger partial charge in [0.2, 0.25) is 0 Å². The summed E-state index contributed by atoms with van der Waals surface area (Å²) in [5.41, 5.74) is 4.13. The monoisotopic (exact) mass is 433 g/mol. The smallest absolute Gasteiger partial charge is 0.303 e. The first-order valence-electron chi connectivity index (χ1n) is 11.6. The predicted molar refractivity (Wildman–Crippen MR) is 126 cm³/mol. The van der Waals surface area contributed by atoms with Crippen LogP contribution in [0.3, 0.4) is 0 Å². The molecule has 0 saturated carbocycles. The van der Waals surface area contributed by atoms with Crippen molar-refractivity contribution >= 4 is 22.7 Å². The third kappa shape index (κ3) is 5.82. The molecule has 0 bridgehead atoms. The molecule has 0 amide bonds. The zero-order chi connectivity index (χ0) is 22.3. The molecule has 0 spiro atoms. The summed E-state index contributed by atoms with van der Waals surface area (Å²) in [6, 6.07) is 14.1. The summed E-state index contributed by atoms with van der Waals surface area (Å²) in [7, 11) is 0. The van der Waals surface area contributed by atoms with E-state index in [0.29, 0.717) is 12.8 Å². The third-order valence-corrected chi connectivity index (χ3v) is 6.23. The van der Waals surface area contributed by atoms with Crippen LogP contribution in [0.2, 0.25) is 0 Å². The molecule has 0 fully saturated rings. The van der Waals surface area contributed by atoms with E-state index in [2.05, 4.69) is 22.4 Å². The lowest BCUT2D eigenvalue weighted by atomic mass is 9.89. The quantitative estimate of drug-likeness (QED) is 0.401. The highest BCUT2D eigenvalue weighted by molar-refractivity contribution is 5.79. The maximum atomic E-state index is 11.4. The highest BCUT2D eigenvalue weighted by Gasteiger charge is 2.20. The number of anilines is 1. The van der Waals surface area contributed by atoms with Gasteiger partial charge in [-0.25, -0.2) is 4.98 Å². The second-order valence-electron chi connectivity index (χ2n) is 8.73. The van der Waals surface area contributed by atoms with E-state index in [1.165, 1.54) is 5.56 Å². The third-order valence-electron chi connectivity index (χ3n) is 6.23. The van der Waals surface area contributed by atoms with E-state index in [0.717, 1.165) is 66.6 Å². The largest absolute Gasteiger partial charge is 0.481 e. The fraction of sp³-hybridized carbons (Fsp3) is 0.423. The minimum absolute atomic E-state index is 0.0108. The number of para-hydroxylation sites is 1.